The summed E-state index contributed by atoms with van der Waals surface area (Å²) < 4.78 is 1.67. The molecule has 0 aliphatic rings. The number of nitrogens with zero attached hydrogens (tertiary/aromatic N) is 6. The highest BCUT2D eigenvalue weighted by Crippen LogP contribution is 2.16. The minimum atomic E-state index is 0.453. The number of tetrazole rings is 1. The molecular weight excluding hydrogens is 252 g/mol. The van der Waals surface area contributed by atoms with Crippen molar-refractivity contribution in [2.75, 3.05) is 0 Å². The van der Waals surface area contributed by atoms with E-state index in [2.05, 4.69) is 26.6 Å². The fraction of sp³-hybridized carbons (Fsp3) is 0.0714. The Bertz CT molecular complexity index is 757. The summed E-state index contributed by atoms with van der Waals surface area (Å²) in [4.78, 5) is 3.98. The summed E-state index contributed by atoms with van der Waals surface area (Å²) in [6.07, 6.45) is 3.38. The smallest absolute Gasteiger partial charge is 0.182 e. The first-order chi connectivity index (χ1) is 9.88. The predicted octanol–water partition coefficient (Wildman–Crippen LogP) is 1.66. The molecule has 0 unspecified atom stereocenters. The topological polar surface area (TPSA) is 80.3 Å². The van der Waals surface area contributed by atoms with Gasteiger partial charge in [-0.3, -0.25) is 4.98 Å². The molecule has 20 heavy (non-hydrogen) atoms. The largest absolute Gasteiger partial charge is 0.265 e. The number of rotatable bonds is 3. The number of nitriles is 1. The Balaban J connectivity index is 1.98. The first kappa shape index (κ1) is 12.0. The minimum Gasteiger partial charge on any atom is -0.265 e. The second kappa shape index (κ2) is 5.28. The zero-order chi connectivity index (χ0) is 13.8. The number of aromatic nitrogens is 5. The van der Waals surface area contributed by atoms with Crippen molar-refractivity contribution in [3.05, 3.63) is 59.9 Å². The normalized spacial score (nSPS) is 10.2. The van der Waals surface area contributed by atoms with Crippen LogP contribution in [0.3, 0.4) is 0 Å². The summed E-state index contributed by atoms with van der Waals surface area (Å²) >= 11 is 0. The van der Waals surface area contributed by atoms with E-state index in [-0.39, 0.29) is 0 Å². The van der Waals surface area contributed by atoms with Gasteiger partial charge in [-0.1, -0.05) is 18.2 Å². The molecule has 0 aliphatic heterocycles. The highest BCUT2D eigenvalue weighted by atomic mass is 15.5. The highest BCUT2D eigenvalue weighted by molar-refractivity contribution is 5.53. The molecule has 96 valence electrons. The summed E-state index contributed by atoms with van der Waals surface area (Å²) in [6, 6.07) is 13.3. The van der Waals surface area contributed by atoms with Gasteiger partial charge >= 0.3 is 0 Å². The maximum atomic E-state index is 9.11. The van der Waals surface area contributed by atoms with E-state index in [1.807, 2.05) is 30.3 Å². The monoisotopic (exact) mass is 262 g/mol. The van der Waals surface area contributed by atoms with Gasteiger partial charge in [-0.2, -0.15) is 5.26 Å². The van der Waals surface area contributed by atoms with E-state index in [9.17, 15) is 0 Å². The van der Waals surface area contributed by atoms with Crippen LogP contribution in [0, 0.1) is 11.3 Å². The molecule has 1 aromatic carbocycles. The van der Waals surface area contributed by atoms with Gasteiger partial charge < -0.3 is 0 Å². The van der Waals surface area contributed by atoms with Gasteiger partial charge in [0.15, 0.2) is 5.82 Å². The lowest BCUT2D eigenvalue weighted by molar-refractivity contribution is 0.652. The van der Waals surface area contributed by atoms with Crippen molar-refractivity contribution >= 4 is 0 Å². The number of hydrogen-bond acceptors (Lipinski definition) is 5. The highest BCUT2D eigenvalue weighted by Gasteiger charge is 2.10. The van der Waals surface area contributed by atoms with Gasteiger partial charge in [-0.05, 0) is 34.2 Å². The SMILES string of the molecule is N#Cc1ccccc1Cn1nnnc1-c1ccncc1. The molecule has 0 saturated carbocycles. The van der Waals surface area contributed by atoms with Crippen molar-refractivity contribution in [1.29, 1.82) is 5.26 Å². The fourth-order valence-corrected chi connectivity index (χ4v) is 1.95. The average molecular weight is 262 g/mol. The van der Waals surface area contributed by atoms with Crippen LogP contribution in [0.4, 0.5) is 0 Å². The Morgan fingerprint density at radius 2 is 1.90 bits per heavy atom. The van der Waals surface area contributed by atoms with Gasteiger partial charge in [0.05, 0.1) is 18.2 Å². The maximum Gasteiger partial charge on any atom is 0.182 e. The standard InChI is InChI=1S/C14H10N6/c15-9-12-3-1-2-4-13(12)10-20-14(17-18-19-20)11-5-7-16-8-6-11/h1-8H,10H2. The van der Waals surface area contributed by atoms with E-state index in [1.54, 1.807) is 23.1 Å². The molecule has 3 aromatic rings. The molecule has 0 saturated heterocycles. The Morgan fingerprint density at radius 3 is 2.70 bits per heavy atom. The second-order valence-corrected chi connectivity index (χ2v) is 4.16. The van der Waals surface area contributed by atoms with Crippen molar-refractivity contribution in [3.63, 3.8) is 0 Å². The van der Waals surface area contributed by atoms with Crippen molar-refractivity contribution < 1.29 is 0 Å². The Kier molecular flexibility index (Phi) is 3.17. The molecule has 0 aliphatic carbocycles. The van der Waals surface area contributed by atoms with Crippen LogP contribution < -0.4 is 0 Å². The minimum absolute atomic E-state index is 0.453. The molecule has 0 radical (unpaired) electrons. The van der Waals surface area contributed by atoms with Gasteiger partial charge in [-0.25, -0.2) is 4.68 Å². The molecule has 3 rings (SSSR count). The van der Waals surface area contributed by atoms with E-state index in [1.165, 1.54) is 0 Å². The van der Waals surface area contributed by atoms with Gasteiger partial charge in [0.2, 0.25) is 0 Å². The van der Waals surface area contributed by atoms with Gasteiger partial charge in [-0.15, -0.1) is 5.10 Å². The number of pyridine rings is 1. The van der Waals surface area contributed by atoms with Gasteiger partial charge in [0, 0.05) is 18.0 Å². The molecule has 0 atom stereocenters. The van der Waals surface area contributed by atoms with Crippen LogP contribution in [0.15, 0.2) is 48.8 Å². The number of hydrogen-bond donors (Lipinski definition) is 0. The Hall–Kier alpha value is -3.07. The summed E-state index contributed by atoms with van der Waals surface area (Å²) in [5.74, 6) is 0.653. The lowest BCUT2D eigenvalue weighted by Crippen LogP contribution is -2.06. The summed E-state index contributed by atoms with van der Waals surface area (Å²) in [6.45, 7) is 0.453. The molecular formula is C14H10N6. The van der Waals surface area contributed by atoms with Crippen LogP contribution in [0.2, 0.25) is 0 Å². The third-order valence-electron chi connectivity index (χ3n) is 2.93. The summed E-state index contributed by atoms with van der Waals surface area (Å²) in [7, 11) is 0. The third-order valence-corrected chi connectivity index (χ3v) is 2.93. The zero-order valence-electron chi connectivity index (χ0n) is 10.5. The van der Waals surface area contributed by atoms with Gasteiger partial charge in [0.25, 0.3) is 0 Å². The van der Waals surface area contributed by atoms with Crippen molar-refractivity contribution in [2.45, 2.75) is 6.54 Å². The summed E-state index contributed by atoms with van der Waals surface area (Å²) in [5, 5.41) is 20.8. The molecule has 0 N–H and O–H groups in total. The first-order valence-electron chi connectivity index (χ1n) is 6.03. The van der Waals surface area contributed by atoms with Crippen molar-refractivity contribution in [1.82, 2.24) is 25.2 Å². The molecule has 2 aromatic heterocycles. The van der Waals surface area contributed by atoms with Crippen LogP contribution in [0.1, 0.15) is 11.1 Å². The van der Waals surface area contributed by atoms with E-state index >= 15 is 0 Å². The van der Waals surface area contributed by atoms with Crippen LogP contribution >= 0.6 is 0 Å². The molecule has 6 heteroatoms. The third kappa shape index (κ3) is 2.24. The second-order valence-electron chi connectivity index (χ2n) is 4.16. The molecule has 0 spiro atoms. The first-order valence-corrected chi connectivity index (χ1v) is 6.03. The van der Waals surface area contributed by atoms with Crippen LogP contribution in [-0.4, -0.2) is 25.2 Å². The quantitative estimate of drug-likeness (QED) is 0.717. The van der Waals surface area contributed by atoms with Crippen LogP contribution in [0.5, 0.6) is 0 Å². The van der Waals surface area contributed by atoms with Gasteiger partial charge in [0.1, 0.15) is 0 Å². The van der Waals surface area contributed by atoms with E-state index in [0.717, 1.165) is 11.1 Å². The lowest BCUT2D eigenvalue weighted by Gasteiger charge is -2.06. The molecule has 2 heterocycles. The van der Waals surface area contributed by atoms with Crippen molar-refractivity contribution in [3.8, 4) is 17.5 Å². The van der Waals surface area contributed by atoms with E-state index in [0.29, 0.717) is 17.9 Å². The zero-order valence-corrected chi connectivity index (χ0v) is 10.5. The maximum absolute atomic E-state index is 9.11. The Labute approximate surface area is 115 Å². The average Bonchev–Trinajstić information content (AvgIpc) is 2.97. The molecule has 0 fully saturated rings. The van der Waals surface area contributed by atoms with Crippen molar-refractivity contribution in [2.24, 2.45) is 0 Å². The number of benzene rings is 1. The summed E-state index contributed by atoms with van der Waals surface area (Å²) in [5.41, 5.74) is 2.40. The van der Waals surface area contributed by atoms with E-state index < -0.39 is 0 Å². The molecule has 0 bridgehead atoms. The Morgan fingerprint density at radius 1 is 1.10 bits per heavy atom. The van der Waals surface area contributed by atoms with E-state index in [4.69, 9.17) is 5.26 Å². The van der Waals surface area contributed by atoms with Crippen LogP contribution in [-0.2, 0) is 6.54 Å². The predicted molar refractivity (Wildman–Crippen MR) is 71.3 cm³/mol. The fourth-order valence-electron chi connectivity index (χ4n) is 1.95. The van der Waals surface area contributed by atoms with Crippen LogP contribution in [0.25, 0.3) is 11.4 Å². The molecule has 0 amide bonds. The lowest BCUT2D eigenvalue weighted by atomic mass is 10.1. The molecule has 6 nitrogen and oxygen atoms in total.